The Morgan fingerprint density at radius 1 is 1.35 bits per heavy atom. The lowest BCUT2D eigenvalue weighted by Gasteiger charge is -2.40. The summed E-state index contributed by atoms with van der Waals surface area (Å²) in [5, 5.41) is 0. The summed E-state index contributed by atoms with van der Waals surface area (Å²) in [5.41, 5.74) is 6.96. The Morgan fingerprint density at radius 3 is 2.70 bits per heavy atom. The van der Waals surface area contributed by atoms with Gasteiger partial charge in [-0.3, -0.25) is 0 Å². The van der Waals surface area contributed by atoms with Crippen molar-refractivity contribution in [3.8, 4) is 0 Å². The van der Waals surface area contributed by atoms with Crippen LogP contribution in [-0.2, 0) is 10.0 Å². The molecule has 0 bridgehead atoms. The molecular weight excluding hydrogens is 274 g/mol. The normalized spacial score (nSPS) is 23.9. The Bertz CT molecular complexity index is 586. The van der Waals surface area contributed by atoms with Crippen molar-refractivity contribution in [1.82, 2.24) is 4.72 Å². The number of nitrogens with two attached hydrogens (primary N) is 1. The molecular formula is C14H23N3O2S. The van der Waals surface area contributed by atoms with Crippen LogP contribution < -0.4 is 15.4 Å². The van der Waals surface area contributed by atoms with Gasteiger partial charge in [0.1, 0.15) is 4.90 Å². The smallest absolute Gasteiger partial charge is 0.242 e. The molecule has 20 heavy (non-hydrogen) atoms. The standard InChI is InChI=1S/C14H23N3O2S/c1-10-5-4-8-17(11(10)2)13-7-6-12(15)9-14(13)20(18,19)16-3/h6-7,9-11,16H,4-5,8,15H2,1-3H3. The van der Waals surface area contributed by atoms with Gasteiger partial charge in [-0.1, -0.05) is 6.92 Å². The molecule has 0 saturated carbocycles. The summed E-state index contributed by atoms with van der Waals surface area (Å²) in [4.78, 5) is 2.44. The van der Waals surface area contributed by atoms with Crippen LogP contribution in [0, 0.1) is 5.92 Å². The maximum atomic E-state index is 12.2. The Balaban J connectivity index is 2.51. The van der Waals surface area contributed by atoms with E-state index >= 15 is 0 Å². The average molecular weight is 297 g/mol. The highest BCUT2D eigenvalue weighted by Gasteiger charge is 2.29. The van der Waals surface area contributed by atoms with Gasteiger partial charge in [-0.25, -0.2) is 13.1 Å². The third kappa shape index (κ3) is 2.76. The van der Waals surface area contributed by atoms with Crippen molar-refractivity contribution < 1.29 is 8.42 Å². The zero-order chi connectivity index (χ0) is 14.9. The Labute approximate surface area is 121 Å². The van der Waals surface area contributed by atoms with Crippen LogP contribution in [0.2, 0.25) is 0 Å². The number of hydrogen-bond donors (Lipinski definition) is 2. The van der Waals surface area contributed by atoms with Gasteiger partial charge in [0.25, 0.3) is 0 Å². The van der Waals surface area contributed by atoms with Crippen molar-refractivity contribution in [1.29, 1.82) is 0 Å². The van der Waals surface area contributed by atoms with Crippen LogP contribution in [0.15, 0.2) is 23.1 Å². The zero-order valence-corrected chi connectivity index (χ0v) is 13.1. The number of nitrogen functional groups attached to an aromatic ring is 1. The first-order valence-electron chi connectivity index (χ1n) is 6.96. The molecule has 112 valence electrons. The molecule has 1 saturated heterocycles. The number of rotatable bonds is 3. The second-order valence-corrected chi connectivity index (χ2v) is 7.34. The summed E-state index contributed by atoms with van der Waals surface area (Å²) in [7, 11) is -2.09. The lowest BCUT2D eigenvalue weighted by atomic mass is 9.91. The van der Waals surface area contributed by atoms with E-state index in [1.165, 1.54) is 19.5 Å². The van der Waals surface area contributed by atoms with Crippen LogP contribution in [0.25, 0.3) is 0 Å². The highest BCUT2D eigenvalue weighted by Crippen LogP contribution is 2.33. The van der Waals surface area contributed by atoms with E-state index in [-0.39, 0.29) is 4.90 Å². The molecule has 1 aliphatic rings. The molecule has 0 spiro atoms. The van der Waals surface area contributed by atoms with Gasteiger partial charge in [0, 0.05) is 18.3 Å². The molecule has 1 aliphatic heterocycles. The molecule has 1 aromatic carbocycles. The average Bonchev–Trinajstić information content (AvgIpc) is 2.42. The lowest BCUT2D eigenvalue weighted by Crippen LogP contribution is -2.43. The second kappa shape index (κ2) is 5.61. The zero-order valence-electron chi connectivity index (χ0n) is 12.3. The quantitative estimate of drug-likeness (QED) is 0.834. The summed E-state index contributed by atoms with van der Waals surface area (Å²) in [6.07, 6.45) is 2.26. The highest BCUT2D eigenvalue weighted by atomic mass is 32.2. The van der Waals surface area contributed by atoms with Gasteiger partial charge >= 0.3 is 0 Å². The van der Waals surface area contributed by atoms with Crippen LogP contribution in [0.4, 0.5) is 11.4 Å². The van der Waals surface area contributed by atoms with Crippen molar-refractivity contribution in [2.45, 2.75) is 37.6 Å². The van der Waals surface area contributed by atoms with Gasteiger partial charge in [0.2, 0.25) is 10.0 Å². The van der Waals surface area contributed by atoms with E-state index in [9.17, 15) is 8.42 Å². The SMILES string of the molecule is CNS(=O)(=O)c1cc(N)ccc1N1CCCC(C)C1C. The fraction of sp³-hybridized carbons (Fsp3) is 0.571. The summed E-state index contributed by atoms with van der Waals surface area (Å²) in [6, 6.07) is 5.43. The van der Waals surface area contributed by atoms with E-state index in [0.717, 1.165) is 18.7 Å². The molecule has 1 heterocycles. The first-order valence-corrected chi connectivity index (χ1v) is 8.45. The second-order valence-electron chi connectivity index (χ2n) is 5.49. The van der Waals surface area contributed by atoms with E-state index in [1.54, 1.807) is 6.07 Å². The van der Waals surface area contributed by atoms with E-state index in [0.29, 0.717) is 17.6 Å². The predicted octanol–water partition coefficient (Wildman–Crippen LogP) is 1.80. The summed E-state index contributed by atoms with van der Waals surface area (Å²) >= 11 is 0. The van der Waals surface area contributed by atoms with E-state index in [1.807, 2.05) is 6.07 Å². The number of anilines is 2. The van der Waals surface area contributed by atoms with Gasteiger partial charge in [-0.05, 0) is 50.9 Å². The van der Waals surface area contributed by atoms with Gasteiger partial charge in [0.05, 0.1) is 5.69 Å². The van der Waals surface area contributed by atoms with Crippen LogP contribution in [0.5, 0.6) is 0 Å². The van der Waals surface area contributed by atoms with Gasteiger partial charge in [-0.15, -0.1) is 0 Å². The number of sulfonamides is 1. The molecule has 5 nitrogen and oxygen atoms in total. The topological polar surface area (TPSA) is 75.4 Å². The number of benzene rings is 1. The van der Waals surface area contributed by atoms with Crippen molar-refractivity contribution in [3.05, 3.63) is 18.2 Å². The number of hydrogen-bond acceptors (Lipinski definition) is 4. The van der Waals surface area contributed by atoms with Gasteiger partial charge in [0.15, 0.2) is 0 Å². The van der Waals surface area contributed by atoms with Crippen LogP contribution in [0.3, 0.4) is 0 Å². The molecule has 6 heteroatoms. The van der Waals surface area contributed by atoms with Crippen molar-refractivity contribution >= 4 is 21.4 Å². The van der Waals surface area contributed by atoms with Gasteiger partial charge < -0.3 is 10.6 Å². The van der Waals surface area contributed by atoms with Crippen molar-refractivity contribution in [3.63, 3.8) is 0 Å². The molecule has 1 aromatic rings. The Morgan fingerprint density at radius 2 is 2.05 bits per heavy atom. The van der Waals surface area contributed by atoms with Crippen molar-refractivity contribution in [2.24, 2.45) is 5.92 Å². The minimum atomic E-state index is -3.51. The Kier molecular flexibility index (Phi) is 4.25. The first kappa shape index (κ1) is 15.1. The summed E-state index contributed by atoms with van der Waals surface area (Å²) < 4.78 is 26.8. The maximum absolute atomic E-state index is 12.2. The minimum absolute atomic E-state index is 0.265. The van der Waals surface area contributed by atoms with E-state index < -0.39 is 10.0 Å². The van der Waals surface area contributed by atoms with Crippen LogP contribution in [-0.4, -0.2) is 28.1 Å². The predicted molar refractivity (Wildman–Crippen MR) is 82.3 cm³/mol. The lowest BCUT2D eigenvalue weighted by molar-refractivity contribution is 0.362. The molecule has 2 unspecified atom stereocenters. The molecule has 0 amide bonds. The molecule has 0 aliphatic carbocycles. The highest BCUT2D eigenvalue weighted by molar-refractivity contribution is 7.89. The van der Waals surface area contributed by atoms with Crippen LogP contribution in [0.1, 0.15) is 26.7 Å². The summed E-state index contributed by atoms with van der Waals surface area (Å²) in [6.45, 7) is 5.23. The molecule has 2 rings (SSSR count). The number of nitrogens with zero attached hydrogens (tertiary/aromatic N) is 1. The van der Waals surface area contributed by atoms with Crippen LogP contribution >= 0.6 is 0 Å². The van der Waals surface area contributed by atoms with Gasteiger partial charge in [-0.2, -0.15) is 0 Å². The number of nitrogens with one attached hydrogen (secondary N) is 1. The third-order valence-corrected chi connectivity index (χ3v) is 5.67. The monoisotopic (exact) mass is 297 g/mol. The first-order chi connectivity index (χ1) is 9.36. The maximum Gasteiger partial charge on any atom is 0.242 e. The van der Waals surface area contributed by atoms with E-state index in [2.05, 4.69) is 23.5 Å². The molecule has 1 fully saturated rings. The fourth-order valence-corrected chi connectivity index (χ4v) is 3.74. The molecule has 2 atom stereocenters. The van der Waals surface area contributed by atoms with Crippen molar-refractivity contribution in [2.75, 3.05) is 24.2 Å². The largest absolute Gasteiger partial charge is 0.399 e. The summed E-state index contributed by atoms with van der Waals surface area (Å²) in [5.74, 6) is 0.548. The minimum Gasteiger partial charge on any atom is -0.399 e. The molecule has 3 N–H and O–H groups in total. The number of piperidine rings is 1. The molecule has 0 aromatic heterocycles. The third-order valence-electron chi connectivity index (χ3n) is 4.23. The Hall–Kier alpha value is -1.27. The van der Waals surface area contributed by atoms with E-state index in [4.69, 9.17) is 5.73 Å². The molecule has 0 radical (unpaired) electrons. The fourth-order valence-electron chi connectivity index (χ4n) is 2.77.